The summed E-state index contributed by atoms with van der Waals surface area (Å²) in [6.07, 6.45) is 1.59. The molecular formula is C20H23BrFNO2. The second-order valence-corrected chi connectivity index (χ2v) is 7.07. The van der Waals surface area contributed by atoms with E-state index in [1.807, 2.05) is 18.2 Å². The standard InChI is InChI=1S/C20H23BrFNO2/c1-14(2)16-7-10-19(18(21)12-16)25-13-20(24)23-11-3-4-15-5-8-17(22)9-6-15/h5-10,12,14H,3-4,11,13H2,1-2H3,(H,23,24). The highest BCUT2D eigenvalue weighted by atomic mass is 79.9. The van der Waals surface area contributed by atoms with Gasteiger partial charge in [-0.2, -0.15) is 0 Å². The van der Waals surface area contributed by atoms with Gasteiger partial charge in [0.2, 0.25) is 0 Å². The normalized spacial score (nSPS) is 10.8. The Morgan fingerprint density at radius 2 is 1.92 bits per heavy atom. The minimum atomic E-state index is -0.234. The number of halogens is 2. The molecule has 0 saturated carbocycles. The van der Waals surface area contributed by atoms with Gasteiger partial charge in [0, 0.05) is 6.54 Å². The Bertz CT molecular complexity index is 701. The van der Waals surface area contributed by atoms with Crippen LogP contribution in [0.4, 0.5) is 4.39 Å². The first-order valence-electron chi connectivity index (χ1n) is 8.39. The van der Waals surface area contributed by atoms with Crippen molar-refractivity contribution in [1.82, 2.24) is 5.32 Å². The fourth-order valence-corrected chi connectivity index (χ4v) is 2.87. The summed E-state index contributed by atoms with van der Waals surface area (Å²) < 4.78 is 19.2. The van der Waals surface area contributed by atoms with Crippen LogP contribution in [0, 0.1) is 5.82 Å². The monoisotopic (exact) mass is 407 g/mol. The Balaban J connectivity index is 1.69. The summed E-state index contributed by atoms with van der Waals surface area (Å²) in [5, 5.41) is 2.83. The van der Waals surface area contributed by atoms with Gasteiger partial charge in [0.05, 0.1) is 4.47 Å². The lowest BCUT2D eigenvalue weighted by atomic mass is 10.0. The molecule has 0 bridgehead atoms. The van der Waals surface area contributed by atoms with E-state index < -0.39 is 0 Å². The molecule has 0 unspecified atom stereocenters. The fourth-order valence-electron chi connectivity index (χ4n) is 2.36. The van der Waals surface area contributed by atoms with E-state index in [4.69, 9.17) is 4.74 Å². The van der Waals surface area contributed by atoms with Crippen LogP contribution < -0.4 is 10.1 Å². The molecule has 0 aliphatic rings. The molecule has 134 valence electrons. The topological polar surface area (TPSA) is 38.3 Å². The van der Waals surface area contributed by atoms with Crippen LogP contribution in [0.15, 0.2) is 46.9 Å². The average Bonchev–Trinajstić information content (AvgIpc) is 2.59. The molecule has 0 saturated heterocycles. The van der Waals surface area contributed by atoms with Crippen molar-refractivity contribution in [3.8, 4) is 5.75 Å². The molecule has 0 fully saturated rings. The van der Waals surface area contributed by atoms with Gasteiger partial charge in [-0.05, 0) is 70.1 Å². The minimum absolute atomic E-state index is 0.0177. The molecule has 2 aromatic rings. The summed E-state index contributed by atoms with van der Waals surface area (Å²) in [5.41, 5.74) is 2.27. The van der Waals surface area contributed by atoms with Gasteiger partial charge in [0.15, 0.2) is 6.61 Å². The molecule has 2 rings (SSSR count). The van der Waals surface area contributed by atoms with Crippen molar-refractivity contribution in [3.63, 3.8) is 0 Å². The van der Waals surface area contributed by atoms with Crippen LogP contribution in [0.5, 0.6) is 5.75 Å². The van der Waals surface area contributed by atoms with Crippen molar-refractivity contribution in [2.24, 2.45) is 0 Å². The highest BCUT2D eigenvalue weighted by Crippen LogP contribution is 2.28. The summed E-state index contributed by atoms with van der Waals surface area (Å²) in [6.45, 7) is 4.80. The van der Waals surface area contributed by atoms with Crippen molar-refractivity contribution < 1.29 is 13.9 Å². The van der Waals surface area contributed by atoms with Gasteiger partial charge in [-0.15, -0.1) is 0 Å². The average molecular weight is 408 g/mol. The van der Waals surface area contributed by atoms with Crippen LogP contribution in [0.1, 0.15) is 37.3 Å². The van der Waals surface area contributed by atoms with Crippen molar-refractivity contribution in [3.05, 3.63) is 63.9 Å². The van der Waals surface area contributed by atoms with Crippen LogP contribution in [0.3, 0.4) is 0 Å². The third-order valence-electron chi connectivity index (χ3n) is 3.86. The van der Waals surface area contributed by atoms with Crippen molar-refractivity contribution in [2.45, 2.75) is 32.6 Å². The zero-order chi connectivity index (χ0) is 18.2. The molecule has 0 radical (unpaired) electrons. The number of carbonyl (C=O) groups is 1. The molecule has 0 atom stereocenters. The lowest BCUT2D eigenvalue weighted by molar-refractivity contribution is -0.123. The summed E-state index contributed by atoms with van der Waals surface area (Å²) in [7, 11) is 0. The third-order valence-corrected chi connectivity index (χ3v) is 4.48. The zero-order valence-electron chi connectivity index (χ0n) is 14.5. The molecule has 2 aromatic carbocycles. The van der Waals surface area contributed by atoms with E-state index in [0.717, 1.165) is 22.9 Å². The van der Waals surface area contributed by atoms with Crippen LogP contribution in [-0.4, -0.2) is 19.1 Å². The van der Waals surface area contributed by atoms with Gasteiger partial charge in [-0.3, -0.25) is 4.79 Å². The van der Waals surface area contributed by atoms with Gasteiger partial charge < -0.3 is 10.1 Å². The molecule has 0 aliphatic carbocycles. The second kappa shape index (κ2) is 9.56. The molecule has 0 aliphatic heterocycles. The van der Waals surface area contributed by atoms with Crippen molar-refractivity contribution in [1.29, 1.82) is 0 Å². The number of aryl methyl sites for hydroxylation is 1. The minimum Gasteiger partial charge on any atom is -0.483 e. The molecule has 0 aromatic heterocycles. The smallest absolute Gasteiger partial charge is 0.257 e. The fraction of sp³-hybridized carbons (Fsp3) is 0.350. The largest absolute Gasteiger partial charge is 0.483 e. The molecule has 3 nitrogen and oxygen atoms in total. The number of hydrogen-bond acceptors (Lipinski definition) is 2. The van der Waals surface area contributed by atoms with Gasteiger partial charge in [-0.1, -0.05) is 32.0 Å². The molecule has 0 heterocycles. The first-order valence-corrected chi connectivity index (χ1v) is 9.18. The van der Waals surface area contributed by atoms with E-state index in [2.05, 4.69) is 35.1 Å². The molecule has 25 heavy (non-hydrogen) atoms. The molecule has 1 N–H and O–H groups in total. The summed E-state index contributed by atoms with van der Waals surface area (Å²) in [5.74, 6) is 0.710. The van der Waals surface area contributed by atoms with Gasteiger partial charge >= 0.3 is 0 Å². The SMILES string of the molecule is CC(C)c1ccc(OCC(=O)NCCCc2ccc(F)cc2)c(Br)c1. The molecule has 0 spiro atoms. The lowest BCUT2D eigenvalue weighted by Crippen LogP contribution is -2.30. The van der Waals surface area contributed by atoms with Crippen LogP contribution in [0.2, 0.25) is 0 Å². The molecular weight excluding hydrogens is 385 g/mol. The van der Waals surface area contributed by atoms with Crippen molar-refractivity contribution in [2.75, 3.05) is 13.2 Å². The first kappa shape index (κ1) is 19.4. The van der Waals surface area contributed by atoms with Gasteiger partial charge in [-0.25, -0.2) is 4.39 Å². The lowest BCUT2D eigenvalue weighted by Gasteiger charge is -2.11. The number of hydrogen-bond donors (Lipinski definition) is 1. The van der Waals surface area contributed by atoms with Crippen molar-refractivity contribution >= 4 is 21.8 Å². The van der Waals surface area contributed by atoms with Gasteiger partial charge in [0.25, 0.3) is 5.91 Å². The quantitative estimate of drug-likeness (QED) is 0.635. The highest BCUT2D eigenvalue weighted by Gasteiger charge is 2.08. The number of nitrogens with one attached hydrogen (secondary N) is 1. The predicted octanol–water partition coefficient (Wildman–Crippen LogP) is 4.84. The summed E-state index contributed by atoms with van der Waals surface area (Å²) >= 11 is 3.48. The zero-order valence-corrected chi connectivity index (χ0v) is 16.1. The maximum atomic E-state index is 12.8. The summed E-state index contributed by atoms with van der Waals surface area (Å²) in [6, 6.07) is 12.3. The number of ether oxygens (including phenoxy) is 1. The van der Waals surface area contributed by atoms with E-state index in [1.54, 1.807) is 12.1 Å². The Kier molecular flexibility index (Phi) is 7.44. The van der Waals surface area contributed by atoms with Crippen LogP contribution in [0.25, 0.3) is 0 Å². The number of rotatable bonds is 8. The number of amides is 1. The Hall–Kier alpha value is -1.88. The highest BCUT2D eigenvalue weighted by molar-refractivity contribution is 9.10. The Morgan fingerprint density at radius 3 is 2.56 bits per heavy atom. The summed E-state index contributed by atoms with van der Waals surface area (Å²) in [4.78, 5) is 11.9. The van der Waals surface area contributed by atoms with E-state index in [9.17, 15) is 9.18 Å². The maximum absolute atomic E-state index is 12.8. The Labute approximate surface area is 156 Å². The van der Waals surface area contributed by atoms with Gasteiger partial charge in [0.1, 0.15) is 11.6 Å². The number of benzene rings is 2. The maximum Gasteiger partial charge on any atom is 0.257 e. The second-order valence-electron chi connectivity index (χ2n) is 6.21. The third kappa shape index (κ3) is 6.50. The number of carbonyl (C=O) groups excluding carboxylic acids is 1. The molecule has 1 amide bonds. The van der Waals surface area contributed by atoms with Crippen LogP contribution in [-0.2, 0) is 11.2 Å². The first-order chi connectivity index (χ1) is 12.0. The Morgan fingerprint density at radius 1 is 1.20 bits per heavy atom. The van der Waals surface area contributed by atoms with Crippen LogP contribution >= 0.6 is 15.9 Å². The molecule has 5 heteroatoms. The van der Waals surface area contributed by atoms with E-state index in [-0.39, 0.29) is 18.3 Å². The predicted molar refractivity (Wildman–Crippen MR) is 101 cm³/mol. The van der Waals surface area contributed by atoms with E-state index in [1.165, 1.54) is 17.7 Å². The van der Waals surface area contributed by atoms with E-state index in [0.29, 0.717) is 18.2 Å². The van der Waals surface area contributed by atoms with E-state index >= 15 is 0 Å².